The van der Waals surface area contributed by atoms with Crippen molar-refractivity contribution in [2.45, 2.75) is 0 Å². The molecule has 12 aromatic rings. The first-order valence-electron chi connectivity index (χ1n) is 18.5. The van der Waals surface area contributed by atoms with Crippen LogP contribution in [0.5, 0.6) is 0 Å². The van der Waals surface area contributed by atoms with Gasteiger partial charge in [-0.3, -0.25) is 4.57 Å². The van der Waals surface area contributed by atoms with E-state index in [1.54, 1.807) is 0 Å². The molecule has 0 saturated carbocycles. The number of benzene rings is 8. The molecule has 0 amide bonds. The van der Waals surface area contributed by atoms with Gasteiger partial charge in [0.25, 0.3) is 0 Å². The van der Waals surface area contributed by atoms with E-state index in [0.29, 0.717) is 17.6 Å². The molecule has 0 N–H and O–H groups in total. The Hall–Kier alpha value is -7.57. The summed E-state index contributed by atoms with van der Waals surface area (Å²) in [5.41, 5.74) is 8.71. The van der Waals surface area contributed by atoms with Crippen LogP contribution in [-0.2, 0) is 0 Å². The van der Waals surface area contributed by atoms with Crippen LogP contribution in [0.1, 0.15) is 0 Å². The van der Waals surface area contributed by atoms with Crippen LogP contribution < -0.4 is 0 Å². The highest BCUT2D eigenvalue weighted by Crippen LogP contribution is 2.42. The topological polar surface area (TPSA) is 61.7 Å². The van der Waals surface area contributed by atoms with Gasteiger partial charge in [0.05, 0.1) is 27.6 Å². The first-order chi connectivity index (χ1) is 27.3. The van der Waals surface area contributed by atoms with Crippen molar-refractivity contribution < 1.29 is 4.42 Å². The molecule has 8 aromatic carbocycles. The van der Waals surface area contributed by atoms with Gasteiger partial charge in [0, 0.05) is 43.6 Å². The van der Waals surface area contributed by atoms with Gasteiger partial charge in [-0.05, 0) is 59.3 Å². The number of rotatable bonds is 4. The summed E-state index contributed by atoms with van der Waals surface area (Å²) in [5.74, 6) is 1.67. The molecule has 0 aliphatic rings. The summed E-state index contributed by atoms with van der Waals surface area (Å²) in [4.78, 5) is 15.8. The minimum Gasteiger partial charge on any atom is -0.455 e. The van der Waals surface area contributed by atoms with Gasteiger partial charge in [-0.2, -0.15) is 9.97 Å². The van der Waals surface area contributed by atoms with Crippen molar-refractivity contribution >= 4 is 76.3 Å². The van der Waals surface area contributed by atoms with E-state index in [1.807, 2.05) is 42.5 Å². The molecule has 0 bridgehead atoms. The maximum Gasteiger partial charge on any atom is 0.238 e. The maximum absolute atomic E-state index is 6.68. The van der Waals surface area contributed by atoms with Gasteiger partial charge in [0.1, 0.15) is 11.2 Å². The quantitative estimate of drug-likeness (QED) is 0.183. The van der Waals surface area contributed by atoms with E-state index < -0.39 is 0 Å². The second-order valence-electron chi connectivity index (χ2n) is 14.0. The zero-order valence-corrected chi connectivity index (χ0v) is 29.4. The van der Waals surface area contributed by atoms with Crippen LogP contribution in [0.25, 0.3) is 111 Å². The molecule has 0 aliphatic carbocycles. The molecular formula is C49H29N5O. The predicted octanol–water partition coefficient (Wildman–Crippen LogP) is 12.5. The van der Waals surface area contributed by atoms with Gasteiger partial charge in [-0.15, -0.1) is 0 Å². The molecule has 0 saturated heterocycles. The van der Waals surface area contributed by atoms with Crippen LogP contribution in [0.2, 0.25) is 0 Å². The second-order valence-corrected chi connectivity index (χ2v) is 14.0. The average Bonchev–Trinajstić information content (AvgIpc) is 3.91. The van der Waals surface area contributed by atoms with Gasteiger partial charge in [0.15, 0.2) is 11.6 Å². The lowest BCUT2D eigenvalue weighted by Crippen LogP contribution is -2.06. The molecule has 0 atom stereocenters. The Morgan fingerprint density at radius 1 is 0.400 bits per heavy atom. The standard InChI is InChI=1S/C49H29N5O/c1-3-15-30(16-4-1)47-50-48(39-27-31-17-7-8-20-33(31)45-36-23-11-14-26-44(36)55-46(39)45)52-49(51-47)54-41-25-13-10-22-35(41)38-28-37-34-21-9-12-24-40(34)53(42(37)29-43(38)54)32-18-5-2-6-19-32/h1-29H. The molecule has 12 rings (SSSR count). The molecule has 0 radical (unpaired) electrons. The number of para-hydroxylation sites is 4. The van der Waals surface area contributed by atoms with Crippen LogP contribution >= 0.6 is 0 Å². The van der Waals surface area contributed by atoms with E-state index in [4.69, 9.17) is 19.4 Å². The third kappa shape index (κ3) is 4.39. The SMILES string of the molecule is c1ccc(-c2nc(-c3cc4ccccc4c4c3oc3ccccc34)nc(-n3c4ccccc4c4cc5c6ccccc6n(-c6ccccc6)c5cc43)n2)cc1. The summed E-state index contributed by atoms with van der Waals surface area (Å²) in [6.45, 7) is 0. The molecule has 6 nitrogen and oxygen atoms in total. The van der Waals surface area contributed by atoms with E-state index in [0.717, 1.165) is 82.4 Å². The third-order valence-electron chi connectivity index (χ3n) is 10.9. The van der Waals surface area contributed by atoms with E-state index in [-0.39, 0.29) is 0 Å². The summed E-state index contributed by atoms with van der Waals surface area (Å²) in [7, 11) is 0. The summed E-state index contributed by atoms with van der Waals surface area (Å²) in [6.07, 6.45) is 0. The van der Waals surface area contributed by atoms with Crippen molar-refractivity contribution in [2.24, 2.45) is 0 Å². The van der Waals surface area contributed by atoms with E-state index >= 15 is 0 Å². The second kappa shape index (κ2) is 11.5. The molecule has 55 heavy (non-hydrogen) atoms. The van der Waals surface area contributed by atoms with Gasteiger partial charge < -0.3 is 8.98 Å². The largest absolute Gasteiger partial charge is 0.455 e. The number of fused-ring (bicyclic) bond motifs is 11. The summed E-state index contributed by atoms with van der Waals surface area (Å²) in [5, 5.41) is 9.00. The Morgan fingerprint density at radius 3 is 1.75 bits per heavy atom. The smallest absolute Gasteiger partial charge is 0.238 e. The Morgan fingerprint density at radius 2 is 0.982 bits per heavy atom. The molecule has 4 heterocycles. The molecule has 0 aliphatic heterocycles. The lowest BCUT2D eigenvalue weighted by Gasteiger charge is -2.12. The number of aromatic nitrogens is 5. The molecule has 0 spiro atoms. The van der Waals surface area contributed by atoms with Crippen LogP contribution in [0.15, 0.2) is 180 Å². The fraction of sp³-hybridized carbons (Fsp3) is 0. The van der Waals surface area contributed by atoms with E-state index in [1.165, 1.54) is 10.8 Å². The minimum atomic E-state index is 0.536. The van der Waals surface area contributed by atoms with E-state index in [9.17, 15) is 0 Å². The Kier molecular flexibility index (Phi) is 6.24. The van der Waals surface area contributed by atoms with Crippen LogP contribution in [0, 0.1) is 0 Å². The normalized spacial score (nSPS) is 12.0. The third-order valence-corrected chi connectivity index (χ3v) is 10.9. The van der Waals surface area contributed by atoms with Gasteiger partial charge in [-0.25, -0.2) is 4.98 Å². The van der Waals surface area contributed by atoms with Crippen LogP contribution in [-0.4, -0.2) is 24.1 Å². The van der Waals surface area contributed by atoms with Crippen molar-refractivity contribution in [3.05, 3.63) is 176 Å². The maximum atomic E-state index is 6.68. The molecule has 0 unspecified atom stereocenters. The lowest BCUT2D eigenvalue weighted by atomic mass is 10.00. The highest BCUT2D eigenvalue weighted by atomic mass is 16.3. The van der Waals surface area contributed by atoms with Crippen molar-refractivity contribution in [1.29, 1.82) is 0 Å². The van der Waals surface area contributed by atoms with Crippen molar-refractivity contribution in [1.82, 2.24) is 24.1 Å². The monoisotopic (exact) mass is 703 g/mol. The van der Waals surface area contributed by atoms with Gasteiger partial charge >= 0.3 is 0 Å². The first kappa shape index (κ1) is 29.9. The number of nitrogens with zero attached hydrogens (tertiary/aromatic N) is 5. The average molecular weight is 704 g/mol. The number of furan rings is 1. The van der Waals surface area contributed by atoms with Gasteiger partial charge in [-0.1, -0.05) is 127 Å². The fourth-order valence-corrected chi connectivity index (χ4v) is 8.54. The van der Waals surface area contributed by atoms with Crippen LogP contribution in [0.3, 0.4) is 0 Å². The Balaban J connectivity index is 1.21. The number of hydrogen-bond donors (Lipinski definition) is 0. The fourth-order valence-electron chi connectivity index (χ4n) is 8.54. The number of hydrogen-bond acceptors (Lipinski definition) is 4. The van der Waals surface area contributed by atoms with Crippen molar-refractivity contribution in [3.63, 3.8) is 0 Å². The molecular weight excluding hydrogens is 675 g/mol. The molecule has 4 aromatic heterocycles. The first-order valence-corrected chi connectivity index (χ1v) is 18.5. The summed E-state index contributed by atoms with van der Waals surface area (Å²) in [6, 6.07) is 61.4. The lowest BCUT2D eigenvalue weighted by molar-refractivity contribution is 0.669. The molecule has 6 heteroatoms. The Bertz CT molecular complexity index is 3490. The molecule has 256 valence electrons. The minimum absolute atomic E-state index is 0.536. The van der Waals surface area contributed by atoms with Crippen molar-refractivity contribution in [2.75, 3.05) is 0 Å². The highest BCUT2D eigenvalue weighted by molar-refractivity contribution is 6.22. The highest BCUT2D eigenvalue weighted by Gasteiger charge is 2.23. The molecule has 0 fully saturated rings. The summed E-state index contributed by atoms with van der Waals surface area (Å²) < 4.78 is 11.2. The zero-order valence-electron chi connectivity index (χ0n) is 29.4. The summed E-state index contributed by atoms with van der Waals surface area (Å²) >= 11 is 0. The zero-order chi connectivity index (χ0) is 36.0. The van der Waals surface area contributed by atoms with E-state index in [2.05, 4.69) is 143 Å². The Labute approximate surface area is 314 Å². The van der Waals surface area contributed by atoms with Crippen molar-refractivity contribution in [3.8, 4) is 34.4 Å². The predicted molar refractivity (Wildman–Crippen MR) is 224 cm³/mol. The van der Waals surface area contributed by atoms with Crippen LogP contribution in [0.4, 0.5) is 0 Å². The van der Waals surface area contributed by atoms with Gasteiger partial charge in [0.2, 0.25) is 5.95 Å².